The Labute approximate surface area is 140 Å². The smallest absolute Gasteiger partial charge is 0.319 e. The number of ether oxygens (including phenoxy) is 2. The fraction of sp³-hybridized carbons (Fsp3) is 0.222. The molecule has 0 radical (unpaired) electrons. The van der Waals surface area contributed by atoms with Gasteiger partial charge in [0.25, 0.3) is 0 Å². The summed E-state index contributed by atoms with van der Waals surface area (Å²) in [4.78, 5) is 23.9. The maximum Gasteiger partial charge on any atom is 0.319 e. The van der Waals surface area contributed by atoms with E-state index >= 15 is 0 Å². The van der Waals surface area contributed by atoms with Crippen LogP contribution in [-0.4, -0.2) is 31.8 Å². The number of urea groups is 1. The molecule has 2 rings (SSSR count). The Morgan fingerprint density at radius 3 is 2.83 bits per heavy atom. The molecule has 0 saturated carbocycles. The van der Waals surface area contributed by atoms with Crippen molar-refractivity contribution in [3.63, 3.8) is 0 Å². The molecule has 6 heteroatoms. The second kappa shape index (κ2) is 8.01. The third-order valence-corrected chi connectivity index (χ3v) is 3.53. The van der Waals surface area contributed by atoms with Gasteiger partial charge in [-0.1, -0.05) is 49.6 Å². The van der Waals surface area contributed by atoms with E-state index in [9.17, 15) is 9.59 Å². The zero-order chi connectivity index (χ0) is 17.5. The molecular formula is C18H20N2O4. The van der Waals surface area contributed by atoms with Crippen molar-refractivity contribution < 1.29 is 19.1 Å². The summed E-state index contributed by atoms with van der Waals surface area (Å²) >= 11 is 0. The van der Waals surface area contributed by atoms with Crippen LogP contribution in [-0.2, 0) is 9.53 Å². The molecule has 24 heavy (non-hydrogen) atoms. The van der Waals surface area contributed by atoms with Crippen LogP contribution < -0.4 is 15.4 Å². The van der Waals surface area contributed by atoms with Crippen molar-refractivity contribution >= 4 is 18.1 Å². The van der Waals surface area contributed by atoms with Crippen molar-refractivity contribution in [1.82, 2.24) is 10.6 Å². The number of hydrogen-bond acceptors (Lipinski definition) is 4. The van der Waals surface area contributed by atoms with Crippen LogP contribution in [0.2, 0.25) is 0 Å². The minimum Gasteiger partial charge on any atom is -0.496 e. The first-order valence-electron chi connectivity index (χ1n) is 7.42. The summed E-state index contributed by atoms with van der Waals surface area (Å²) in [7, 11) is 1.58. The SMILES string of the molecule is C=CCOC(=O)[C@@H]1C(=C)NC(=O)N[C@H]1/C=C/c1ccccc1OC. The van der Waals surface area contributed by atoms with Crippen LogP contribution in [0.4, 0.5) is 4.79 Å². The molecule has 0 bridgehead atoms. The third-order valence-electron chi connectivity index (χ3n) is 3.53. The zero-order valence-electron chi connectivity index (χ0n) is 13.5. The third kappa shape index (κ3) is 4.04. The maximum atomic E-state index is 12.2. The molecule has 1 fully saturated rings. The predicted octanol–water partition coefficient (Wildman–Crippen LogP) is 2.25. The van der Waals surface area contributed by atoms with Gasteiger partial charge in [-0.15, -0.1) is 0 Å². The van der Waals surface area contributed by atoms with Crippen molar-refractivity contribution in [3.8, 4) is 5.75 Å². The van der Waals surface area contributed by atoms with Crippen molar-refractivity contribution in [3.05, 3.63) is 60.8 Å². The van der Waals surface area contributed by atoms with E-state index in [1.165, 1.54) is 6.08 Å². The monoisotopic (exact) mass is 328 g/mol. The molecule has 0 unspecified atom stereocenters. The molecule has 1 aliphatic rings. The van der Waals surface area contributed by atoms with Crippen LogP contribution in [0.1, 0.15) is 5.56 Å². The number of amides is 2. The number of methoxy groups -OCH3 is 1. The van der Waals surface area contributed by atoms with Gasteiger partial charge in [0.2, 0.25) is 0 Å². The normalized spacial score (nSPS) is 20.2. The highest BCUT2D eigenvalue weighted by atomic mass is 16.5. The fourth-order valence-corrected chi connectivity index (χ4v) is 2.40. The fourth-order valence-electron chi connectivity index (χ4n) is 2.40. The summed E-state index contributed by atoms with van der Waals surface area (Å²) in [6.07, 6.45) is 4.99. The topological polar surface area (TPSA) is 76.7 Å². The van der Waals surface area contributed by atoms with E-state index in [1.54, 1.807) is 19.3 Å². The van der Waals surface area contributed by atoms with E-state index in [4.69, 9.17) is 9.47 Å². The van der Waals surface area contributed by atoms with Gasteiger partial charge in [-0.3, -0.25) is 4.79 Å². The molecule has 2 N–H and O–H groups in total. The lowest BCUT2D eigenvalue weighted by Gasteiger charge is -2.31. The minimum absolute atomic E-state index is 0.0967. The first kappa shape index (κ1) is 17.3. The number of carbonyl (C=O) groups excluding carboxylic acids is 2. The quantitative estimate of drug-likeness (QED) is 0.620. The predicted molar refractivity (Wildman–Crippen MR) is 91.3 cm³/mol. The lowest BCUT2D eigenvalue weighted by atomic mass is 9.93. The lowest BCUT2D eigenvalue weighted by Crippen LogP contribution is -2.55. The van der Waals surface area contributed by atoms with Gasteiger partial charge in [0.15, 0.2) is 0 Å². The molecule has 6 nitrogen and oxygen atoms in total. The van der Waals surface area contributed by atoms with Crippen molar-refractivity contribution in [2.45, 2.75) is 6.04 Å². The molecular weight excluding hydrogens is 308 g/mol. The molecule has 2 amide bonds. The number of para-hydroxylation sites is 1. The standard InChI is InChI=1S/C18H20N2O4/c1-4-11-24-17(21)16-12(2)19-18(22)20-14(16)10-9-13-7-5-6-8-15(13)23-3/h4-10,14,16H,1-2,11H2,3H3,(H2,19,20,22)/b10-9+/t14-,16+/m0/s1. The number of esters is 1. The van der Waals surface area contributed by atoms with Crippen LogP contribution in [0, 0.1) is 5.92 Å². The highest BCUT2D eigenvalue weighted by molar-refractivity contribution is 5.85. The highest BCUT2D eigenvalue weighted by Gasteiger charge is 2.36. The first-order valence-corrected chi connectivity index (χ1v) is 7.42. The Kier molecular flexibility index (Phi) is 5.78. The molecule has 2 atom stereocenters. The van der Waals surface area contributed by atoms with E-state index in [2.05, 4.69) is 23.8 Å². The summed E-state index contributed by atoms with van der Waals surface area (Å²) in [5.41, 5.74) is 1.12. The molecule has 1 heterocycles. The summed E-state index contributed by atoms with van der Waals surface area (Å²) in [5, 5.41) is 5.20. The number of rotatable bonds is 6. The maximum absolute atomic E-state index is 12.2. The minimum atomic E-state index is -0.728. The molecule has 1 aliphatic heterocycles. The van der Waals surface area contributed by atoms with Gasteiger partial charge in [0.05, 0.1) is 13.2 Å². The zero-order valence-corrected chi connectivity index (χ0v) is 13.5. The molecule has 1 saturated heterocycles. The molecule has 1 aromatic rings. The van der Waals surface area contributed by atoms with Crippen LogP contribution in [0.15, 0.2) is 55.3 Å². The summed E-state index contributed by atoms with van der Waals surface area (Å²) in [6, 6.07) is 6.45. The second-order valence-corrected chi connectivity index (χ2v) is 5.15. The number of benzene rings is 1. The first-order chi connectivity index (χ1) is 11.6. The summed E-state index contributed by atoms with van der Waals surface area (Å²) in [5.74, 6) is -0.519. The van der Waals surface area contributed by atoms with E-state index in [0.29, 0.717) is 11.4 Å². The number of carbonyl (C=O) groups is 2. The second-order valence-electron chi connectivity index (χ2n) is 5.15. The Bertz CT molecular complexity index is 681. The Morgan fingerprint density at radius 2 is 2.12 bits per heavy atom. The van der Waals surface area contributed by atoms with E-state index in [0.717, 1.165) is 5.56 Å². The van der Waals surface area contributed by atoms with Crippen LogP contribution in [0.5, 0.6) is 5.75 Å². The molecule has 0 aliphatic carbocycles. The van der Waals surface area contributed by atoms with Gasteiger partial charge in [0.1, 0.15) is 18.3 Å². The van der Waals surface area contributed by atoms with Crippen molar-refractivity contribution in [2.24, 2.45) is 5.92 Å². The molecule has 0 spiro atoms. The van der Waals surface area contributed by atoms with Crippen LogP contribution >= 0.6 is 0 Å². The van der Waals surface area contributed by atoms with Crippen LogP contribution in [0.25, 0.3) is 6.08 Å². The van der Waals surface area contributed by atoms with Gasteiger partial charge in [-0.25, -0.2) is 4.79 Å². The van der Waals surface area contributed by atoms with E-state index in [1.807, 2.05) is 24.3 Å². The lowest BCUT2D eigenvalue weighted by molar-refractivity contribution is -0.146. The summed E-state index contributed by atoms with van der Waals surface area (Å²) < 4.78 is 10.4. The van der Waals surface area contributed by atoms with Crippen LogP contribution in [0.3, 0.4) is 0 Å². The number of nitrogens with one attached hydrogen (secondary N) is 2. The van der Waals surface area contributed by atoms with Crippen molar-refractivity contribution in [1.29, 1.82) is 0 Å². The Hall–Kier alpha value is -3.02. The van der Waals surface area contributed by atoms with Crippen molar-refractivity contribution in [2.75, 3.05) is 13.7 Å². The largest absolute Gasteiger partial charge is 0.496 e. The number of hydrogen-bond donors (Lipinski definition) is 2. The van der Waals surface area contributed by atoms with Gasteiger partial charge in [-0.2, -0.15) is 0 Å². The van der Waals surface area contributed by atoms with Gasteiger partial charge < -0.3 is 20.1 Å². The molecule has 1 aromatic carbocycles. The molecule has 126 valence electrons. The highest BCUT2D eigenvalue weighted by Crippen LogP contribution is 2.23. The average Bonchev–Trinajstić information content (AvgIpc) is 2.57. The molecule has 0 aromatic heterocycles. The Balaban J connectivity index is 2.24. The van der Waals surface area contributed by atoms with Gasteiger partial charge in [-0.05, 0) is 6.07 Å². The van der Waals surface area contributed by atoms with E-state index < -0.39 is 24.0 Å². The summed E-state index contributed by atoms with van der Waals surface area (Å²) in [6.45, 7) is 7.36. The van der Waals surface area contributed by atoms with Gasteiger partial charge >= 0.3 is 12.0 Å². The Morgan fingerprint density at radius 1 is 1.38 bits per heavy atom. The average molecular weight is 328 g/mol. The van der Waals surface area contributed by atoms with E-state index in [-0.39, 0.29) is 6.61 Å². The van der Waals surface area contributed by atoms with Gasteiger partial charge in [0, 0.05) is 11.3 Å².